The molecule has 8 nitrogen and oxygen atoms in total. The Balaban J connectivity index is 2.78. The number of aliphatic hydroxyl groups excluding tert-OH is 2. The summed E-state index contributed by atoms with van der Waals surface area (Å²) >= 11 is 0. The summed E-state index contributed by atoms with van der Waals surface area (Å²) in [7, 11) is 0. The van der Waals surface area contributed by atoms with E-state index in [1.54, 1.807) is 13.8 Å². The number of halogens is 1. The Bertz CT molecular complexity index is 570. The van der Waals surface area contributed by atoms with Crippen LogP contribution in [-0.4, -0.2) is 51.8 Å². The zero-order valence-corrected chi connectivity index (χ0v) is 12.5. The molecule has 0 saturated heterocycles. The number of nitrogens with one attached hydrogen (secondary N) is 1. The van der Waals surface area contributed by atoms with E-state index in [9.17, 15) is 14.0 Å². The first-order valence-corrected chi connectivity index (χ1v) is 6.88. The molecule has 3 N–H and O–H groups in total. The third-order valence-corrected chi connectivity index (χ3v) is 2.69. The van der Waals surface area contributed by atoms with Crippen LogP contribution >= 0.6 is 0 Å². The molecule has 0 aliphatic carbocycles. The van der Waals surface area contributed by atoms with Crippen LogP contribution in [0, 0.1) is 5.82 Å². The molecule has 0 aromatic carbocycles. The number of ether oxygens (including phenoxy) is 2. The van der Waals surface area contributed by atoms with Crippen LogP contribution in [0.5, 0.6) is 0 Å². The van der Waals surface area contributed by atoms with E-state index in [0.29, 0.717) is 0 Å². The number of aromatic nitrogens is 2. The molecule has 1 unspecified atom stereocenters. The molecule has 0 radical (unpaired) electrons. The molecular formula is C13H21FN2O6. The molecule has 0 saturated carbocycles. The molecule has 0 bridgehead atoms. The van der Waals surface area contributed by atoms with Gasteiger partial charge < -0.3 is 19.7 Å². The molecule has 0 amide bonds. The van der Waals surface area contributed by atoms with Gasteiger partial charge in [-0.3, -0.25) is 14.3 Å². The second-order valence-electron chi connectivity index (χ2n) is 4.98. The summed E-state index contributed by atoms with van der Waals surface area (Å²) < 4.78 is 25.0. The summed E-state index contributed by atoms with van der Waals surface area (Å²) in [5.41, 5.74) is -1.88. The Morgan fingerprint density at radius 2 is 2.09 bits per heavy atom. The minimum absolute atomic E-state index is 0.0697. The molecule has 1 rings (SSSR count). The van der Waals surface area contributed by atoms with Gasteiger partial charge in [-0.2, -0.15) is 4.39 Å². The zero-order valence-electron chi connectivity index (χ0n) is 12.5. The van der Waals surface area contributed by atoms with Crippen molar-refractivity contribution in [3.05, 3.63) is 32.9 Å². The van der Waals surface area contributed by atoms with Gasteiger partial charge in [0.1, 0.15) is 12.3 Å². The van der Waals surface area contributed by atoms with E-state index in [1.807, 2.05) is 4.98 Å². The lowest BCUT2D eigenvalue weighted by molar-refractivity contribution is -0.0656. The Morgan fingerprint density at radius 3 is 2.68 bits per heavy atom. The molecule has 0 fully saturated rings. The summed E-state index contributed by atoms with van der Waals surface area (Å²) in [5, 5.41) is 17.8. The van der Waals surface area contributed by atoms with Crippen LogP contribution in [-0.2, 0) is 9.47 Å². The van der Waals surface area contributed by atoms with Crippen LogP contribution in [0.4, 0.5) is 4.39 Å². The van der Waals surface area contributed by atoms with Crippen molar-refractivity contribution in [1.82, 2.24) is 9.55 Å². The van der Waals surface area contributed by atoms with Crippen LogP contribution < -0.4 is 11.2 Å². The Morgan fingerprint density at radius 1 is 1.41 bits per heavy atom. The van der Waals surface area contributed by atoms with Crippen LogP contribution in [0.2, 0.25) is 0 Å². The summed E-state index contributed by atoms with van der Waals surface area (Å²) in [6, 6.07) is 0. The molecule has 0 aliphatic rings. The van der Waals surface area contributed by atoms with Crippen molar-refractivity contribution < 1.29 is 24.1 Å². The molecule has 9 heteroatoms. The first kappa shape index (κ1) is 18.5. The van der Waals surface area contributed by atoms with Crippen molar-refractivity contribution >= 4 is 0 Å². The van der Waals surface area contributed by atoms with Crippen molar-refractivity contribution in [3.63, 3.8) is 0 Å². The van der Waals surface area contributed by atoms with Crippen LogP contribution in [0.25, 0.3) is 0 Å². The van der Waals surface area contributed by atoms with Crippen LogP contribution in [0.15, 0.2) is 15.8 Å². The lowest BCUT2D eigenvalue weighted by Crippen LogP contribution is -2.36. The van der Waals surface area contributed by atoms with Crippen molar-refractivity contribution in [1.29, 1.82) is 0 Å². The van der Waals surface area contributed by atoms with Crippen LogP contribution in [0.1, 0.15) is 26.5 Å². The van der Waals surface area contributed by atoms with E-state index in [4.69, 9.17) is 19.7 Å². The molecule has 1 aromatic rings. The van der Waals surface area contributed by atoms with E-state index in [0.717, 1.165) is 10.8 Å². The van der Waals surface area contributed by atoms with Gasteiger partial charge in [0.15, 0.2) is 0 Å². The normalized spacial score (nSPS) is 14.3. The van der Waals surface area contributed by atoms with Crippen LogP contribution in [0.3, 0.4) is 0 Å². The first-order valence-electron chi connectivity index (χ1n) is 6.88. The number of hydrogen-bond donors (Lipinski definition) is 3. The number of hydrogen-bond acceptors (Lipinski definition) is 6. The van der Waals surface area contributed by atoms with E-state index >= 15 is 0 Å². The standard InChI is InChI=1S/C13H21FN2O6/c1-8(2)22-11(3-4-21-7-9(18)6-17)16-5-10(14)12(19)15-13(16)20/h5,8-9,11,17-18H,3-4,6-7H2,1-2H3,(H,15,19,20)/t9?,11-/m0/s1. The predicted molar refractivity (Wildman–Crippen MR) is 75.1 cm³/mol. The fourth-order valence-electron chi connectivity index (χ4n) is 1.72. The second kappa shape index (κ2) is 8.79. The number of aliphatic hydroxyl groups is 2. The fourth-order valence-corrected chi connectivity index (χ4v) is 1.72. The van der Waals surface area contributed by atoms with Crippen molar-refractivity contribution in [2.24, 2.45) is 0 Å². The van der Waals surface area contributed by atoms with Gasteiger partial charge in [0.05, 0.1) is 32.1 Å². The van der Waals surface area contributed by atoms with E-state index < -0.39 is 36.0 Å². The highest BCUT2D eigenvalue weighted by atomic mass is 19.1. The van der Waals surface area contributed by atoms with Gasteiger partial charge in [0.25, 0.3) is 5.56 Å². The molecule has 2 atom stereocenters. The highest BCUT2D eigenvalue weighted by molar-refractivity contribution is 4.88. The minimum Gasteiger partial charge on any atom is -0.394 e. The van der Waals surface area contributed by atoms with Gasteiger partial charge in [-0.15, -0.1) is 0 Å². The van der Waals surface area contributed by atoms with Crippen molar-refractivity contribution in [3.8, 4) is 0 Å². The Labute approximate surface area is 126 Å². The highest BCUT2D eigenvalue weighted by Gasteiger charge is 2.17. The number of aromatic amines is 1. The Hall–Kier alpha value is -1.55. The van der Waals surface area contributed by atoms with E-state index in [1.165, 1.54) is 0 Å². The largest absolute Gasteiger partial charge is 0.394 e. The number of H-pyrrole nitrogens is 1. The average molecular weight is 320 g/mol. The SMILES string of the molecule is CC(C)O[C@@H](CCOCC(O)CO)n1cc(F)c(=O)[nH]c1=O. The van der Waals surface area contributed by atoms with Gasteiger partial charge in [-0.05, 0) is 13.8 Å². The van der Waals surface area contributed by atoms with Crippen molar-refractivity contribution in [2.75, 3.05) is 19.8 Å². The smallest absolute Gasteiger partial charge is 0.330 e. The third-order valence-electron chi connectivity index (χ3n) is 2.69. The minimum atomic E-state index is -1.09. The van der Waals surface area contributed by atoms with Crippen molar-refractivity contribution in [2.45, 2.75) is 38.7 Å². The maximum absolute atomic E-state index is 13.3. The monoisotopic (exact) mass is 320 g/mol. The summed E-state index contributed by atoms with van der Waals surface area (Å²) in [4.78, 5) is 24.7. The predicted octanol–water partition coefficient (Wildman–Crippen LogP) is -0.641. The molecule has 0 aliphatic heterocycles. The Kier molecular flexibility index (Phi) is 7.39. The summed E-state index contributed by atoms with van der Waals surface area (Å²) in [6.45, 7) is 3.12. The molecule has 1 aromatic heterocycles. The third kappa shape index (κ3) is 5.68. The zero-order chi connectivity index (χ0) is 16.7. The first-order chi connectivity index (χ1) is 10.3. The quantitative estimate of drug-likeness (QED) is 0.522. The lowest BCUT2D eigenvalue weighted by atomic mass is 10.3. The van der Waals surface area contributed by atoms with Gasteiger partial charge in [-0.1, -0.05) is 0 Å². The van der Waals surface area contributed by atoms with E-state index in [-0.39, 0.29) is 25.7 Å². The summed E-state index contributed by atoms with van der Waals surface area (Å²) in [5.74, 6) is -1.09. The van der Waals surface area contributed by atoms with E-state index in [2.05, 4.69) is 0 Å². The summed E-state index contributed by atoms with van der Waals surface area (Å²) in [6.07, 6.45) is -1.07. The molecular weight excluding hydrogens is 299 g/mol. The maximum Gasteiger partial charge on any atom is 0.330 e. The number of nitrogens with zero attached hydrogens (tertiary/aromatic N) is 1. The maximum atomic E-state index is 13.3. The second-order valence-corrected chi connectivity index (χ2v) is 4.98. The van der Waals surface area contributed by atoms with Gasteiger partial charge >= 0.3 is 5.69 Å². The fraction of sp³-hybridized carbons (Fsp3) is 0.692. The molecule has 22 heavy (non-hydrogen) atoms. The molecule has 126 valence electrons. The molecule has 1 heterocycles. The lowest BCUT2D eigenvalue weighted by Gasteiger charge is -2.22. The average Bonchev–Trinajstić information content (AvgIpc) is 2.45. The number of rotatable bonds is 9. The topological polar surface area (TPSA) is 114 Å². The van der Waals surface area contributed by atoms with Gasteiger partial charge in [0.2, 0.25) is 5.82 Å². The van der Waals surface area contributed by atoms with Gasteiger partial charge in [-0.25, -0.2) is 4.79 Å². The highest BCUT2D eigenvalue weighted by Crippen LogP contribution is 2.14. The van der Waals surface area contributed by atoms with Gasteiger partial charge in [0, 0.05) is 6.42 Å². The molecule has 0 spiro atoms.